The fourth-order valence-corrected chi connectivity index (χ4v) is 1.96. The molecule has 0 N–H and O–H groups in total. The van der Waals surface area contributed by atoms with Crippen molar-refractivity contribution >= 4 is 44.9 Å². The number of Topliss-reactive ketones (excluding diaryl/α,β-unsaturated/α-hetero) is 1. The Labute approximate surface area is 116 Å². The molecule has 0 aliphatic rings. The summed E-state index contributed by atoms with van der Waals surface area (Å²) in [5.41, 5.74) is 0.519. The Balaban J connectivity index is 2.17. The molecule has 88 valence electrons. The number of ketones is 1. The lowest BCUT2D eigenvalue weighted by Gasteiger charge is -2.03. The van der Waals surface area contributed by atoms with Gasteiger partial charge in [0.05, 0.1) is 20.7 Å². The van der Waals surface area contributed by atoms with Gasteiger partial charge in [-0.2, -0.15) is 5.10 Å². The molecule has 0 radical (unpaired) electrons. The summed E-state index contributed by atoms with van der Waals surface area (Å²) in [5, 5.41) is 4.82. The maximum absolute atomic E-state index is 11.9. The summed E-state index contributed by atoms with van der Waals surface area (Å²) in [5.74, 6) is -0.0702. The van der Waals surface area contributed by atoms with E-state index >= 15 is 0 Å². The number of rotatable bonds is 3. The van der Waals surface area contributed by atoms with Gasteiger partial charge in [0, 0.05) is 11.8 Å². The van der Waals surface area contributed by atoms with E-state index in [9.17, 15) is 4.79 Å². The Bertz CT molecular complexity index is 568. The maximum Gasteiger partial charge on any atom is 0.184 e. The molecule has 0 saturated heterocycles. The molecular formula is C11H7BrCl2N2O. The first-order valence-electron chi connectivity index (χ1n) is 4.72. The Hall–Kier alpha value is -0.840. The van der Waals surface area contributed by atoms with Crippen LogP contribution >= 0.6 is 39.1 Å². The smallest absolute Gasteiger partial charge is 0.184 e. The largest absolute Gasteiger partial charge is 0.292 e. The average molecular weight is 334 g/mol. The summed E-state index contributed by atoms with van der Waals surface area (Å²) in [6.07, 6.45) is 3.36. The van der Waals surface area contributed by atoms with Gasteiger partial charge in [0.25, 0.3) is 0 Å². The molecule has 0 unspecified atom stereocenters. The van der Waals surface area contributed by atoms with Crippen LogP contribution < -0.4 is 0 Å². The van der Waals surface area contributed by atoms with Gasteiger partial charge in [-0.25, -0.2) is 0 Å². The summed E-state index contributed by atoms with van der Waals surface area (Å²) in [6.45, 7) is 0.170. The van der Waals surface area contributed by atoms with Gasteiger partial charge >= 0.3 is 0 Å². The molecule has 0 spiro atoms. The molecule has 1 aromatic carbocycles. The van der Waals surface area contributed by atoms with E-state index in [1.54, 1.807) is 35.3 Å². The third-order valence-electron chi connectivity index (χ3n) is 2.15. The van der Waals surface area contributed by atoms with Crippen LogP contribution in [0.1, 0.15) is 10.4 Å². The standard InChI is InChI=1S/C11H7BrCl2N2O/c12-8-4-15-16(5-8)6-11(17)7-1-2-9(13)10(14)3-7/h1-5H,6H2. The predicted octanol–water partition coefficient (Wildman–Crippen LogP) is 3.84. The van der Waals surface area contributed by atoms with Gasteiger partial charge in [-0.15, -0.1) is 0 Å². The number of halogens is 3. The predicted molar refractivity (Wildman–Crippen MR) is 70.7 cm³/mol. The first kappa shape index (κ1) is 12.6. The molecule has 0 amide bonds. The SMILES string of the molecule is O=C(Cn1cc(Br)cn1)c1ccc(Cl)c(Cl)c1. The normalized spacial score (nSPS) is 10.5. The van der Waals surface area contributed by atoms with Crippen LogP contribution in [0.5, 0.6) is 0 Å². The summed E-state index contributed by atoms with van der Waals surface area (Å²) < 4.78 is 2.38. The van der Waals surface area contributed by atoms with Crippen molar-refractivity contribution in [2.24, 2.45) is 0 Å². The first-order valence-corrected chi connectivity index (χ1v) is 6.27. The molecule has 0 fully saturated rings. The lowest BCUT2D eigenvalue weighted by Crippen LogP contribution is -2.10. The number of aromatic nitrogens is 2. The van der Waals surface area contributed by atoms with Crippen LogP contribution in [0, 0.1) is 0 Å². The van der Waals surface area contributed by atoms with Crippen LogP contribution in [-0.4, -0.2) is 15.6 Å². The zero-order valence-corrected chi connectivity index (χ0v) is 11.6. The first-order chi connectivity index (χ1) is 8.06. The Morgan fingerprint density at radius 2 is 2.12 bits per heavy atom. The highest BCUT2D eigenvalue weighted by Gasteiger charge is 2.09. The van der Waals surface area contributed by atoms with Crippen LogP contribution in [0.2, 0.25) is 10.0 Å². The summed E-state index contributed by atoms with van der Waals surface area (Å²) in [4.78, 5) is 11.9. The Morgan fingerprint density at radius 1 is 1.35 bits per heavy atom. The lowest BCUT2D eigenvalue weighted by molar-refractivity contribution is 0.0967. The van der Waals surface area contributed by atoms with Crippen molar-refractivity contribution in [3.05, 3.63) is 50.7 Å². The quantitative estimate of drug-likeness (QED) is 0.800. The van der Waals surface area contributed by atoms with Gasteiger partial charge < -0.3 is 0 Å². The average Bonchev–Trinajstić information content (AvgIpc) is 2.68. The van der Waals surface area contributed by atoms with E-state index < -0.39 is 0 Å². The van der Waals surface area contributed by atoms with Gasteiger partial charge in [-0.1, -0.05) is 23.2 Å². The highest BCUT2D eigenvalue weighted by atomic mass is 79.9. The molecule has 6 heteroatoms. The summed E-state index contributed by atoms with van der Waals surface area (Å²) in [7, 11) is 0. The monoisotopic (exact) mass is 332 g/mol. The second-order valence-corrected chi connectivity index (χ2v) is 5.14. The summed E-state index contributed by atoms with van der Waals surface area (Å²) in [6, 6.07) is 4.82. The van der Waals surface area contributed by atoms with E-state index in [1.165, 1.54) is 0 Å². The van der Waals surface area contributed by atoms with Gasteiger partial charge in [-0.3, -0.25) is 9.48 Å². The Kier molecular flexibility index (Phi) is 3.86. The second-order valence-electron chi connectivity index (χ2n) is 3.41. The molecule has 1 aromatic heterocycles. The molecule has 0 aliphatic heterocycles. The number of carbonyl (C=O) groups excluding carboxylic acids is 1. The molecule has 0 aliphatic carbocycles. The number of hydrogen-bond donors (Lipinski definition) is 0. The van der Waals surface area contributed by atoms with Crippen molar-refractivity contribution in [1.82, 2.24) is 9.78 Å². The van der Waals surface area contributed by atoms with E-state index in [0.29, 0.717) is 15.6 Å². The van der Waals surface area contributed by atoms with Crippen LogP contribution in [0.3, 0.4) is 0 Å². The highest BCUT2D eigenvalue weighted by molar-refractivity contribution is 9.10. The zero-order valence-electron chi connectivity index (χ0n) is 8.53. The lowest BCUT2D eigenvalue weighted by atomic mass is 10.1. The van der Waals surface area contributed by atoms with Crippen molar-refractivity contribution in [3.63, 3.8) is 0 Å². The minimum Gasteiger partial charge on any atom is -0.292 e. The van der Waals surface area contributed by atoms with Crippen molar-refractivity contribution in [3.8, 4) is 0 Å². The van der Waals surface area contributed by atoms with Crippen LogP contribution in [-0.2, 0) is 6.54 Å². The number of carbonyl (C=O) groups is 1. The van der Waals surface area contributed by atoms with Crippen molar-refractivity contribution in [2.75, 3.05) is 0 Å². The molecule has 2 rings (SSSR count). The van der Waals surface area contributed by atoms with Crippen molar-refractivity contribution < 1.29 is 4.79 Å². The number of hydrogen-bond acceptors (Lipinski definition) is 2. The highest BCUT2D eigenvalue weighted by Crippen LogP contribution is 2.23. The molecule has 3 nitrogen and oxygen atoms in total. The third-order valence-corrected chi connectivity index (χ3v) is 3.30. The van der Waals surface area contributed by atoms with Gasteiger partial charge in [0.1, 0.15) is 6.54 Å². The summed E-state index contributed by atoms with van der Waals surface area (Å²) >= 11 is 14.9. The minimum atomic E-state index is -0.0702. The Morgan fingerprint density at radius 3 is 2.71 bits per heavy atom. The molecule has 1 heterocycles. The van der Waals surface area contributed by atoms with Gasteiger partial charge in [-0.05, 0) is 34.1 Å². The molecule has 17 heavy (non-hydrogen) atoms. The third kappa shape index (κ3) is 3.09. The van der Waals surface area contributed by atoms with E-state index in [4.69, 9.17) is 23.2 Å². The minimum absolute atomic E-state index is 0.0702. The van der Waals surface area contributed by atoms with Gasteiger partial charge in [0.15, 0.2) is 5.78 Å². The number of nitrogens with zero attached hydrogens (tertiary/aromatic N) is 2. The van der Waals surface area contributed by atoms with Crippen LogP contribution in [0.4, 0.5) is 0 Å². The molecular weight excluding hydrogens is 327 g/mol. The van der Waals surface area contributed by atoms with E-state index in [0.717, 1.165) is 4.47 Å². The second kappa shape index (κ2) is 5.21. The fraction of sp³-hybridized carbons (Fsp3) is 0.0909. The van der Waals surface area contributed by atoms with E-state index in [-0.39, 0.29) is 12.3 Å². The molecule has 0 saturated carbocycles. The van der Waals surface area contributed by atoms with Gasteiger partial charge in [0.2, 0.25) is 0 Å². The fourth-order valence-electron chi connectivity index (χ4n) is 1.33. The van der Waals surface area contributed by atoms with Crippen LogP contribution in [0.25, 0.3) is 0 Å². The van der Waals surface area contributed by atoms with Crippen molar-refractivity contribution in [2.45, 2.75) is 6.54 Å². The zero-order chi connectivity index (χ0) is 12.4. The van der Waals surface area contributed by atoms with E-state index in [1.807, 2.05) is 0 Å². The van der Waals surface area contributed by atoms with Crippen LogP contribution in [0.15, 0.2) is 35.1 Å². The molecule has 2 aromatic rings. The van der Waals surface area contributed by atoms with E-state index in [2.05, 4.69) is 21.0 Å². The molecule has 0 atom stereocenters. The topological polar surface area (TPSA) is 34.9 Å². The maximum atomic E-state index is 11.9. The molecule has 0 bridgehead atoms. The van der Waals surface area contributed by atoms with Crippen molar-refractivity contribution in [1.29, 1.82) is 0 Å². The number of benzene rings is 1.